The number of nitrogens with zero attached hydrogens (tertiary/aromatic N) is 2. The molecule has 0 amide bonds. The monoisotopic (exact) mass is 282 g/mol. The summed E-state index contributed by atoms with van der Waals surface area (Å²) >= 11 is 3.03. The van der Waals surface area contributed by atoms with E-state index in [4.69, 9.17) is 4.74 Å². The molecule has 0 atom stereocenters. The second kappa shape index (κ2) is 6.19. The molecule has 2 aromatic rings. The first-order valence-corrected chi connectivity index (χ1v) is 6.99. The van der Waals surface area contributed by atoms with Crippen LogP contribution in [-0.4, -0.2) is 34.5 Å². The van der Waals surface area contributed by atoms with Gasteiger partial charge in [0.05, 0.1) is 7.11 Å². The van der Waals surface area contributed by atoms with Crippen LogP contribution >= 0.6 is 23.1 Å². The summed E-state index contributed by atoms with van der Waals surface area (Å²) in [6, 6.07) is 5.33. The zero-order valence-electron chi connectivity index (χ0n) is 9.61. The lowest BCUT2D eigenvalue weighted by atomic mass is 9.79. The summed E-state index contributed by atoms with van der Waals surface area (Å²) in [5, 5.41) is 26.2. The number of ether oxygens (including phenoxy) is 1. The van der Waals surface area contributed by atoms with Crippen molar-refractivity contribution in [2.75, 3.05) is 7.11 Å². The van der Waals surface area contributed by atoms with Crippen LogP contribution in [0.4, 0.5) is 0 Å². The van der Waals surface area contributed by atoms with Crippen LogP contribution in [0, 0.1) is 0 Å². The minimum atomic E-state index is -1.54. The maximum absolute atomic E-state index is 9.26. The number of hydrogen-bond donors (Lipinski definition) is 2. The van der Waals surface area contributed by atoms with Crippen molar-refractivity contribution in [1.82, 2.24) is 10.2 Å². The Balaban J connectivity index is 2.11. The first-order chi connectivity index (χ1) is 8.70. The lowest BCUT2D eigenvalue weighted by Gasteiger charge is -2.09. The minimum absolute atomic E-state index is 0.368. The molecule has 2 N–H and O–H groups in total. The number of benzene rings is 1. The molecule has 8 heteroatoms. The maximum Gasteiger partial charge on any atom is 0.492 e. The fourth-order valence-corrected chi connectivity index (χ4v) is 2.88. The SMILES string of the molecule is COc1ccc(CSc2nncs2)cc1B(O)O. The van der Waals surface area contributed by atoms with Crippen LogP contribution < -0.4 is 10.2 Å². The molecule has 0 saturated carbocycles. The van der Waals surface area contributed by atoms with Gasteiger partial charge in [0, 0.05) is 11.2 Å². The van der Waals surface area contributed by atoms with Gasteiger partial charge >= 0.3 is 7.12 Å². The summed E-state index contributed by atoms with van der Waals surface area (Å²) in [6.45, 7) is 0. The highest BCUT2D eigenvalue weighted by Crippen LogP contribution is 2.24. The fraction of sp³-hybridized carbons (Fsp3) is 0.200. The van der Waals surface area contributed by atoms with E-state index in [1.165, 1.54) is 18.4 Å². The van der Waals surface area contributed by atoms with Crippen LogP contribution in [0.25, 0.3) is 0 Å². The molecule has 1 aromatic heterocycles. The predicted octanol–water partition coefficient (Wildman–Crippen LogP) is 0.519. The van der Waals surface area contributed by atoms with Crippen molar-refractivity contribution >= 4 is 35.7 Å². The molecule has 0 aliphatic rings. The molecule has 0 saturated heterocycles. The van der Waals surface area contributed by atoms with E-state index in [1.54, 1.807) is 29.4 Å². The topological polar surface area (TPSA) is 75.5 Å². The van der Waals surface area contributed by atoms with Gasteiger partial charge in [-0.2, -0.15) is 0 Å². The van der Waals surface area contributed by atoms with Crippen molar-refractivity contribution in [1.29, 1.82) is 0 Å². The molecule has 0 fully saturated rings. The molecule has 0 unspecified atom stereocenters. The largest absolute Gasteiger partial charge is 0.497 e. The second-order valence-corrected chi connectivity index (χ2v) is 5.50. The van der Waals surface area contributed by atoms with Gasteiger partial charge in [0.2, 0.25) is 0 Å². The molecule has 5 nitrogen and oxygen atoms in total. The zero-order chi connectivity index (χ0) is 13.0. The highest BCUT2D eigenvalue weighted by Gasteiger charge is 2.17. The van der Waals surface area contributed by atoms with Crippen LogP contribution in [0.1, 0.15) is 5.56 Å². The molecule has 0 radical (unpaired) electrons. The zero-order valence-corrected chi connectivity index (χ0v) is 11.2. The standard InChI is InChI=1S/C10H11BN2O3S2/c1-16-9-3-2-7(4-8(9)11(14)15)5-17-10-13-12-6-18-10/h2-4,6,14-15H,5H2,1H3. The normalized spacial score (nSPS) is 10.4. The third kappa shape index (κ3) is 3.23. The van der Waals surface area contributed by atoms with E-state index < -0.39 is 7.12 Å². The third-order valence-electron chi connectivity index (χ3n) is 2.27. The summed E-state index contributed by atoms with van der Waals surface area (Å²) < 4.78 is 5.95. The van der Waals surface area contributed by atoms with Crippen molar-refractivity contribution in [3.05, 3.63) is 29.3 Å². The minimum Gasteiger partial charge on any atom is -0.497 e. The van der Waals surface area contributed by atoms with Gasteiger partial charge in [-0.1, -0.05) is 35.2 Å². The molecule has 18 heavy (non-hydrogen) atoms. The lowest BCUT2D eigenvalue weighted by Crippen LogP contribution is -2.31. The highest BCUT2D eigenvalue weighted by atomic mass is 32.2. The highest BCUT2D eigenvalue weighted by molar-refractivity contribution is 8.00. The van der Waals surface area contributed by atoms with Crippen LogP contribution in [-0.2, 0) is 5.75 Å². The van der Waals surface area contributed by atoms with E-state index in [-0.39, 0.29) is 0 Å². The Bertz CT molecular complexity index is 508. The second-order valence-electron chi connectivity index (χ2n) is 3.44. The van der Waals surface area contributed by atoms with Crippen molar-refractivity contribution in [3.63, 3.8) is 0 Å². The first kappa shape index (κ1) is 13.3. The van der Waals surface area contributed by atoms with Crippen LogP contribution in [0.2, 0.25) is 0 Å². The Morgan fingerprint density at radius 3 is 2.89 bits per heavy atom. The van der Waals surface area contributed by atoms with Gasteiger partial charge in [0.25, 0.3) is 0 Å². The fourth-order valence-electron chi connectivity index (χ4n) is 1.45. The number of aromatic nitrogens is 2. The first-order valence-electron chi connectivity index (χ1n) is 5.12. The van der Waals surface area contributed by atoms with Crippen molar-refractivity contribution in [2.24, 2.45) is 0 Å². The van der Waals surface area contributed by atoms with E-state index in [0.717, 1.165) is 9.90 Å². The van der Waals surface area contributed by atoms with Crippen molar-refractivity contribution < 1.29 is 14.8 Å². The molecular weight excluding hydrogens is 271 g/mol. The third-order valence-corrected chi connectivity index (χ3v) is 4.21. The van der Waals surface area contributed by atoms with Gasteiger partial charge < -0.3 is 14.8 Å². The van der Waals surface area contributed by atoms with E-state index in [2.05, 4.69) is 10.2 Å². The molecule has 1 heterocycles. The summed E-state index contributed by atoms with van der Waals surface area (Å²) in [5.41, 5.74) is 3.02. The summed E-state index contributed by atoms with van der Waals surface area (Å²) in [6.07, 6.45) is 0. The molecule has 2 rings (SSSR count). The smallest absolute Gasteiger partial charge is 0.492 e. The van der Waals surface area contributed by atoms with Gasteiger partial charge in [-0.3, -0.25) is 0 Å². The molecule has 0 aliphatic heterocycles. The van der Waals surface area contributed by atoms with Crippen molar-refractivity contribution in [3.8, 4) is 5.75 Å². The summed E-state index contributed by atoms with van der Waals surface area (Å²) in [7, 11) is -0.0388. The molecule has 94 valence electrons. The number of thioether (sulfide) groups is 1. The number of hydrogen-bond acceptors (Lipinski definition) is 7. The average molecular weight is 282 g/mol. The average Bonchev–Trinajstić information content (AvgIpc) is 2.89. The summed E-state index contributed by atoms with van der Waals surface area (Å²) in [4.78, 5) is 0. The summed E-state index contributed by atoms with van der Waals surface area (Å²) in [5.74, 6) is 1.16. The van der Waals surface area contributed by atoms with Crippen molar-refractivity contribution in [2.45, 2.75) is 10.1 Å². The Kier molecular flexibility index (Phi) is 4.59. The molecule has 0 bridgehead atoms. The van der Waals surface area contributed by atoms with Gasteiger partial charge in [0.15, 0.2) is 4.34 Å². The molecule has 0 spiro atoms. The van der Waals surface area contributed by atoms with Crippen LogP contribution in [0.3, 0.4) is 0 Å². The van der Waals surface area contributed by atoms with Gasteiger partial charge in [-0.25, -0.2) is 0 Å². The van der Waals surface area contributed by atoms with E-state index in [1.807, 2.05) is 6.07 Å². The van der Waals surface area contributed by atoms with Gasteiger partial charge in [-0.05, 0) is 11.6 Å². The van der Waals surface area contributed by atoms with E-state index in [0.29, 0.717) is 17.0 Å². The Morgan fingerprint density at radius 2 is 2.28 bits per heavy atom. The molecule has 1 aromatic carbocycles. The Hall–Kier alpha value is -1.09. The Labute approximate surface area is 113 Å². The predicted molar refractivity (Wildman–Crippen MR) is 72.3 cm³/mol. The van der Waals surface area contributed by atoms with Gasteiger partial charge in [-0.15, -0.1) is 10.2 Å². The lowest BCUT2D eigenvalue weighted by molar-refractivity contribution is 0.403. The van der Waals surface area contributed by atoms with Crippen LogP contribution in [0.5, 0.6) is 5.75 Å². The van der Waals surface area contributed by atoms with E-state index in [9.17, 15) is 10.0 Å². The van der Waals surface area contributed by atoms with Gasteiger partial charge in [0.1, 0.15) is 11.3 Å². The van der Waals surface area contributed by atoms with E-state index >= 15 is 0 Å². The quantitative estimate of drug-likeness (QED) is 0.615. The molecular formula is C10H11BN2O3S2. The number of methoxy groups -OCH3 is 1. The van der Waals surface area contributed by atoms with Crippen LogP contribution in [0.15, 0.2) is 28.0 Å². The molecule has 0 aliphatic carbocycles. The Morgan fingerprint density at radius 1 is 1.44 bits per heavy atom. The number of rotatable bonds is 5. The maximum atomic E-state index is 9.26.